The van der Waals surface area contributed by atoms with Crippen LogP contribution in [0.1, 0.15) is 25.7 Å². The molecule has 0 spiro atoms. The normalized spacial score (nSPS) is 16.9. The molecule has 106 valence electrons. The highest BCUT2D eigenvalue weighted by Crippen LogP contribution is 2.43. The summed E-state index contributed by atoms with van der Waals surface area (Å²) in [5.74, 6) is 0.976. The van der Waals surface area contributed by atoms with Crippen molar-refractivity contribution in [2.75, 3.05) is 33.4 Å². The number of benzene rings is 1. The summed E-state index contributed by atoms with van der Waals surface area (Å²) >= 11 is 0. The van der Waals surface area contributed by atoms with E-state index in [2.05, 4.69) is 5.32 Å². The van der Waals surface area contributed by atoms with Gasteiger partial charge in [0.05, 0.1) is 13.2 Å². The SMILES string of the molecule is COCCNCC1(CCOc2ccccc2)CCC1. The van der Waals surface area contributed by atoms with Crippen LogP contribution in [0.15, 0.2) is 30.3 Å². The van der Waals surface area contributed by atoms with E-state index in [1.54, 1.807) is 7.11 Å². The van der Waals surface area contributed by atoms with E-state index >= 15 is 0 Å². The molecule has 0 amide bonds. The summed E-state index contributed by atoms with van der Waals surface area (Å²) in [6, 6.07) is 10.1. The van der Waals surface area contributed by atoms with Crippen LogP contribution in [0.5, 0.6) is 5.75 Å². The molecule has 1 aliphatic rings. The molecule has 0 bridgehead atoms. The van der Waals surface area contributed by atoms with Gasteiger partial charge in [-0.15, -0.1) is 0 Å². The van der Waals surface area contributed by atoms with E-state index in [-0.39, 0.29) is 0 Å². The number of hydrogen-bond acceptors (Lipinski definition) is 3. The van der Waals surface area contributed by atoms with Gasteiger partial charge in [0, 0.05) is 20.2 Å². The lowest BCUT2D eigenvalue weighted by atomic mass is 9.67. The van der Waals surface area contributed by atoms with Gasteiger partial charge in [0.15, 0.2) is 0 Å². The summed E-state index contributed by atoms with van der Waals surface area (Å²) in [5.41, 5.74) is 0.461. The maximum atomic E-state index is 5.81. The van der Waals surface area contributed by atoms with E-state index in [4.69, 9.17) is 9.47 Å². The zero-order valence-corrected chi connectivity index (χ0v) is 11.9. The van der Waals surface area contributed by atoms with E-state index in [9.17, 15) is 0 Å². The lowest BCUT2D eigenvalue weighted by molar-refractivity contribution is 0.0887. The fourth-order valence-electron chi connectivity index (χ4n) is 2.62. The molecule has 0 unspecified atom stereocenters. The molecule has 2 rings (SSSR count). The minimum atomic E-state index is 0.461. The van der Waals surface area contributed by atoms with Crippen molar-refractivity contribution in [1.29, 1.82) is 0 Å². The monoisotopic (exact) mass is 263 g/mol. The Morgan fingerprint density at radius 2 is 1.95 bits per heavy atom. The summed E-state index contributed by atoms with van der Waals surface area (Å²) in [6.45, 7) is 3.64. The zero-order valence-electron chi connectivity index (χ0n) is 11.9. The van der Waals surface area contributed by atoms with Crippen LogP contribution in [0, 0.1) is 5.41 Å². The topological polar surface area (TPSA) is 30.5 Å². The molecule has 1 aromatic carbocycles. The molecule has 0 aromatic heterocycles. The maximum absolute atomic E-state index is 5.81. The first-order chi connectivity index (χ1) is 9.35. The lowest BCUT2D eigenvalue weighted by Gasteiger charge is -2.42. The fraction of sp³-hybridized carbons (Fsp3) is 0.625. The first-order valence-corrected chi connectivity index (χ1v) is 7.22. The molecule has 0 atom stereocenters. The number of methoxy groups -OCH3 is 1. The molecule has 1 aliphatic carbocycles. The number of rotatable bonds is 9. The first-order valence-electron chi connectivity index (χ1n) is 7.22. The summed E-state index contributed by atoms with van der Waals surface area (Å²) in [5, 5.41) is 3.50. The molecule has 0 radical (unpaired) electrons. The van der Waals surface area contributed by atoms with Crippen molar-refractivity contribution in [3.8, 4) is 5.75 Å². The molecule has 3 heteroatoms. The van der Waals surface area contributed by atoms with Gasteiger partial charge in [-0.3, -0.25) is 0 Å². The molecule has 1 saturated carbocycles. The van der Waals surface area contributed by atoms with Crippen molar-refractivity contribution in [3.63, 3.8) is 0 Å². The van der Waals surface area contributed by atoms with Crippen molar-refractivity contribution >= 4 is 0 Å². The molecule has 0 aliphatic heterocycles. The van der Waals surface area contributed by atoms with Crippen LogP contribution in [-0.4, -0.2) is 33.4 Å². The Morgan fingerprint density at radius 1 is 1.16 bits per heavy atom. The quantitative estimate of drug-likeness (QED) is 0.695. The van der Waals surface area contributed by atoms with E-state index in [0.717, 1.165) is 38.5 Å². The average molecular weight is 263 g/mol. The van der Waals surface area contributed by atoms with Gasteiger partial charge < -0.3 is 14.8 Å². The van der Waals surface area contributed by atoms with Gasteiger partial charge in [-0.1, -0.05) is 24.6 Å². The van der Waals surface area contributed by atoms with Gasteiger partial charge in [0.25, 0.3) is 0 Å². The van der Waals surface area contributed by atoms with Gasteiger partial charge >= 0.3 is 0 Å². The second-order valence-electron chi connectivity index (χ2n) is 5.43. The van der Waals surface area contributed by atoms with Crippen LogP contribution in [0.2, 0.25) is 0 Å². The number of para-hydroxylation sites is 1. The summed E-state index contributed by atoms with van der Waals surface area (Å²) in [6.07, 6.45) is 5.15. The van der Waals surface area contributed by atoms with Crippen molar-refractivity contribution in [2.45, 2.75) is 25.7 Å². The molecule has 3 nitrogen and oxygen atoms in total. The second kappa shape index (κ2) is 7.51. The van der Waals surface area contributed by atoms with Crippen molar-refractivity contribution in [3.05, 3.63) is 30.3 Å². The molecule has 0 heterocycles. The number of hydrogen-bond donors (Lipinski definition) is 1. The third-order valence-electron chi connectivity index (χ3n) is 4.04. The van der Waals surface area contributed by atoms with Crippen LogP contribution < -0.4 is 10.1 Å². The first kappa shape index (κ1) is 14.4. The minimum Gasteiger partial charge on any atom is -0.494 e. The molecule has 0 saturated heterocycles. The van der Waals surface area contributed by atoms with Crippen molar-refractivity contribution in [1.82, 2.24) is 5.32 Å². The Labute approximate surface area is 116 Å². The smallest absolute Gasteiger partial charge is 0.119 e. The molecular formula is C16H25NO2. The standard InChI is InChI=1S/C16H25NO2/c1-18-13-11-17-14-16(8-5-9-16)10-12-19-15-6-3-2-4-7-15/h2-4,6-7,17H,5,8-14H2,1H3. The maximum Gasteiger partial charge on any atom is 0.119 e. The van der Waals surface area contributed by atoms with Gasteiger partial charge in [-0.2, -0.15) is 0 Å². The second-order valence-corrected chi connectivity index (χ2v) is 5.43. The lowest BCUT2D eigenvalue weighted by Crippen LogP contribution is -2.41. The largest absolute Gasteiger partial charge is 0.494 e. The van der Waals surface area contributed by atoms with Crippen LogP contribution in [-0.2, 0) is 4.74 Å². The van der Waals surface area contributed by atoms with Crippen LogP contribution in [0.25, 0.3) is 0 Å². The Hall–Kier alpha value is -1.06. The number of ether oxygens (including phenoxy) is 2. The summed E-state index contributed by atoms with van der Waals surface area (Å²) < 4.78 is 10.9. The van der Waals surface area contributed by atoms with Gasteiger partial charge in [-0.05, 0) is 36.8 Å². The Balaban J connectivity index is 1.67. The molecule has 1 fully saturated rings. The highest BCUT2D eigenvalue weighted by molar-refractivity contribution is 5.20. The van der Waals surface area contributed by atoms with Crippen LogP contribution in [0.4, 0.5) is 0 Å². The van der Waals surface area contributed by atoms with Crippen molar-refractivity contribution in [2.24, 2.45) is 5.41 Å². The van der Waals surface area contributed by atoms with Gasteiger partial charge in [0.2, 0.25) is 0 Å². The zero-order chi connectivity index (χ0) is 13.4. The van der Waals surface area contributed by atoms with Crippen molar-refractivity contribution < 1.29 is 9.47 Å². The molecule has 19 heavy (non-hydrogen) atoms. The third-order valence-corrected chi connectivity index (χ3v) is 4.04. The van der Waals surface area contributed by atoms with Gasteiger partial charge in [0.1, 0.15) is 5.75 Å². The predicted molar refractivity (Wildman–Crippen MR) is 77.6 cm³/mol. The summed E-state index contributed by atoms with van der Waals surface area (Å²) in [7, 11) is 1.74. The molecule has 1 aromatic rings. The predicted octanol–water partition coefficient (Wildman–Crippen LogP) is 2.86. The minimum absolute atomic E-state index is 0.461. The molecule has 1 N–H and O–H groups in total. The van der Waals surface area contributed by atoms with Crippen LogP contribution in [0.3, 0.4) is 0 Å². The summed E-state index contributed by atoms with van der Waals surface area (Å²) in [4.78, 5) is 0. The van der Waals surface area contributed by atoms with Crippen LogP contribution >= 0.6 is 0 Å². The van der Waals surface area contributed by atoms with Gasteiger partial charge in [-0.25, -0.2) is 0 Å². The third kappa shape index (κ3) is 4.51. The molecular weight excluding hydrogens is 238 g/mol. The number of nitrogens with one attached hydrogen (secondary N) is 1. The Bertz CT molecular complexity index is 349. The van der Waals surface area contributed by atoms with E-state index < -0.39 is 0 Å². The Morgan fingerprint density at radius 3 is 2.58 bits per heavy atom. The fourth-order valence-corrected chi connectivity index (χ4v) is 2.62. The Kier molecular flexibility index (Phi) is 5.67. The van der Waals surface area contributed by atoms with E-state index in [0.29, 0.717) is 5.41 Å². The van der Waals surface area contributed by atoms with E-state index in [1.807, 2.05) is 30.3 Å². The highest BCUT2D eigenvalue weighted by atomic mass is 16.5. The highest BCUT2D eigenvalue weighted by Gasteiger charge is 2.36. The van der Waals surface area contributed by atoms with E-state index in [1.165, 1.54) is 19.3 Å². The average Bonchev–Trinajstić information content (AvgIpc) is 2.41.